The summed E-state index contributed by atoms with van der Waals surface area (Å²) in [7, 11) is 0. The van der Waals surface area contributed by atoms with Crippen molar-refractivity contribution in [1.29, 1.82) is 0 Å². The Labute approximate surface area is 386 Å². The fraction of sp³-hybridized carbons (Fsp3) is 0.0476. The second-order valence-electron chi connectivity index (χ2n) is 18.2. The molecule has 3 heteroatoms. The lowest BCUT2D eigenvalue weighted by Gasteiger charge is -2.34. The third kappa shape index (κ3) is 5.97. The molecule has 0 saturated carbocycles. The molecule has 2 aliphatic heterocycles. The van der Waals surface area contributed by atoms with Crippen LogP contribution in [-0.4, -0.2) is 11.3 Å². The van der Waals surface area contributed by atoms with Gasteiger partial charge in [0.25, 0.3) is 6.71 Å². The predicted molar refractivity (Wildman–Crippen MR) is 279 cm³/mol. The number of aryl methyl sites for hydroxylation is 3. The Morgan fingerprint density at radius 2 is 0.909 bits per heavy atom. The van der Waals surface area contributed by atoms with Crippen LogP contribution in [0.15, 0.2) is 212 Å². The zero-order chi connectivity index (χ0) is 44.0. The van der Waals surface area contributed by atoms with Gasteiger partial charge in [0.1, 0.15) is 11.5 Å². The third-order valence-electron chi connectivity index (χ3n) is 14.1. The molecule has 0 bridgehead atoms. The fourth-order valence-electron chi connectivity index (χ4n) is 11.4. The summed E-state index contributed by atoms with van der Waals surface area (Å²) in [6.07, 6.45) is 0. The molecule has 3 heterocycles. The number of aromatic nitrogens is 1. The number of fused-ring (bicyclic) bond motifs is 7. The molecule has 0 aliphatic carbocycles. The second kappa shape index (κ2) is 15.0. The molecule has 13 rings (SSSR count). The first-order valence-electron chi connectivity index (χ1n) is 23.0. The third-order valence-corrected chi connectivity index (χ3v) is 14.1. The summed E-state index contributed by atoms with van der Waals surface area (Å²) in [6, 6.07) is 78.3. The quantitative estimate of drug-likeness (QED) is 0.152. The van der Waals surface area contributed by atoms with Crippen LogP contribution in [0.5, 0.6) is 11.5 Å². The van der Waals surface area contributed by atoms with Gasteiger partial charge in [0.15, 0.2) is 0 Å². The van der Waals surface area contributed by atoms with Crippen LogP contribution in [0, 0.1) is 20.8 Å². The van der Waals surface area contributed by atoms with Crippen molar-refractivity contribution in [2.75, 3.05) is 0 Å². The summed E-state index contributed by atoms with van der Waals surface area (Å²) in [5.74, 6) is 1.82. The van der Waals surface area contributed by atoms with Crippen LogP contribution >= 0.6 is 0 Å². The Bertz CT molecular complexity index is 3730. The Balaban J connectivity index is 1.16. The topological polar surface area (TPSA) is 14.2 Å². The van der Waals surface area contributed by atoms with Gasteiger partial charge in [-0.3, -0.25) is 0 Å². The van der Waals surface area contributed by atoms with Crippen LogP contribution in [0.25, 0.3) is 94.3 Å². The van der Waals surface area contributed by atoms with E-state index in [1.165, 1.54) is 127 Å². The molecule has 0 amide bonds. The first-order chi connectivity index (χ1) is 32.5. The van der Waals surface area contributed by atoms with Crippen molar-refractivity contribution in [3.05, 3.63) is 229 Å². The Morgan fingerprint density at radius 3 is 1.55 bits per heavy atom. The molecule has 310 valence electrons. The zero-order valence-electron chi connectivity index (χ0n) is 37.1. The van der Waals surface area contributed by atoms with Gasteiger partial charge in [0, 0.05) is 22.0 Å². The summed E-state index contributed by atoms with van der Waals surface area (Å²) in [4.78, 5) is 0. The van der Waals surface area contributed by atoms with E-state index in [-0.39, 0.29) is 6.71 Å². The van der Waals surface area contributed by atoms with Gasteiger partial charge in [-0.1, -0.05) is 181 Å². The first kappa shape index (κ1) is 38.3. The molecule has 0 atom stereocenters. The van der Waals surface area contributed by atoms with E-state index in [2.05, 4.69) is 238 Å². The highest BCUT2D eigenvalue weighted by Gasteiger charge is 2.41. The highest BCUT2D eigenvalue weighted by molar-refractivity contribution is 6.99. The SMILES string of the molecule is Cc1cc(C)c(-c2cc3c4c(c2)-n2c5ccc(-c6ccccc6-c6ccccc6)cc5c5cc(-c6ccccc6-c6ccccc6)cc(c52)B4c2cc(-c4ccccc4)ccc2O3)c(C)c1. The molecule has 0 saturated heterocycles. The van der Waals surface area contributed by atoms with E-state index in [9.17, 15) is 0 Å². The molecule has 2 aliphatic rings. The first-order valence-corrected chi connectivity index (χ1v) is 23.0. The lowest BCUT2D eigenvalue weighted by molar-refractivity contribution is 0.487. The van der Waals surface area contributed by atoms with Gasteiger partial charge in [-0.15, -0.1) is 0 Å². The minimum absolute atomic E-state index is 0.0851. The van der Waals surface area contributed by atoms with Crippen molar-refractivity contribution in [2.24, 2.45) is 0 Å². The molecule has 2 nitrogen and oxygen atoms in total. The average Bonchev–Trinajstić information content (AvgIpc) is 3.69. The van der Waals surface area contributed by atoms with Crippen LogP contribution in [-0.2, 0) is 0 Å². The zero-order valence-corrected chi connectivity index (χ0v) is 37.1. The Hall–Kier alpha value is -8.14. The van der Waals surface area contributed by atoms with Crippen molar-refractivity contribution >= 4 is 44.9 Å². The van der Waals surface area contributed by atoms with Gasteiger partial charge in [0.2, 0.25) is 0 Å². The molecule has 0 fully saturated rings. The van der Waals surface area contributed by atoms with Gasteiger partial charge in [0.05, 0.1) is 5.52 Å². The van der Waals surface area contributed by atoms with Crippen LogP contribution in [0.1, 0.15) is 16.7 Å². The maximum Gasteiger partial charge on any atom is 0.256 e. The van der Waals surface area contributed by atoms with Gasteiger partial charge in [-0.2, -0.15) is 0 Å². The summed E-state index contributed by atoms with van der Waals surface area (Å²) >= 11 is 0. The van der Waals surface area contributed by atoms with E-state index < -0.39 is 0 Å². The van der Waals surface area contributed by atoms with Crippen LogP contribution < -0.4 is 21.1 Å². The van der Waals surface area contributed by atoms with E-state index in [1.807, 2.05) is 0 Å². The maximum atomic E-state index is 7.19. The highest BCUT2D eigenvalue weighted by atomic mass is 16.5. The van der Waals surface area contributed by atoms with E-state index in [0.717, 1.165) is 11.5 Å². The molecule has 66 heavy (non-hydrogen) atoms. The highest BCUT2D eigenvalue weighted by Crippen LogP contribution is 2.45. The van der Waals surface area contributed by atoms with Crippen molar-refractivity contribution in [3.63, 3.8) is 0 Å². The van der Waals surface area contributed by atoms with Crippen LogP contribution in [0.4, 0.5) is 0 Å². The predicted octanol–water partition coefficient (Wildman–Crippen LogP) is 14.6. The van der Waals surface area contributed by atoms with Crippen molar-refractivity contribution in [1.82, 2.24) is 4.57 Å². The standard InChI is InChI=1S/C63H44BNO/c1-39-31-40(2)61(41(3)32-39)48-37-58-62-60(38-48)66-59-30-28-45(42-17-7-4-8-18-42)35-55(59)64(62)56-36-47(52-26-16-14-24-50(52)44-21-11-6-12-22-44)34-54-53-33-46(27-29-57(53)65(58)63(54)56)51-25-15-13-23-49(51)43-19-9-5-10-20-43/h4-38H,1-3H3. The molecule has 1 aromatic heterocycles. The summed E-state index contributed by atoms with van der Waals surface area (Å²) in [6.45, 7) is 6.59. The van der Waals surface area contributed by atoms with Crippen LogP contribution in [0.3, 0.4) is 0 Å². The normalized spacial score (nSPS) is 12.3. The van der Waals surface area contributed by atoms with Gasteiger partial charge in [-0.05, 0) is 151 Å². The maximum absolute atomic E-state index is 7.19. The molecule has 0 unspecified atom stereocenters. The number of rotatable bonds is 6. The number of hydrogen-bond donors (Lipinski definition) is 0. The van der Waals surface area contributed by atoms with Gasteiger partial charge < -0.3 is 9.30 Å². The Kier molecular flexibility index (Phi) is 8.70. The monoisotopic (exact) mass is 841 g/mol. The van der Waals surface area contributed by atoms with Crippen molar-refractivity contribution in [2.45, 2.75) is 20.8 Å². The number of hydrogen-bond acceptors (Lipinski definition) is 1. The molecule has 0 radical (unpaired) electrons. The summed E-state index contributed by atoms with van der Waals surface area (Å²) < 4.78 is 9.75. The summed E-state index contributed by atoms with van der Waals surface area (Å²) in [5.41, 5.74) is 25.6. The molecule has 11 aromatic rings. The van der Waals surface area contributed by atoms with Gasteiger partial charge in [-0.25, -0.2) is 0 Å². The van der Waals surface area contributed by atoms with E-state index in [0.29, 0.717) is 0 Å². The lowest BCUT2D eigenvalue weighted by Crippen LogP contribution is -2.58. The smallest absolute Gasteiger partial charge is 0.256 e. The van der Waals surface area contributed by atoms with Gasteiger partial charge >= 0.3 is 0 Å². The van der Waals surface area contributed by atoms with Crippen molar-refractivity contribution < 1.29 is 4.74 Å². The molecule has 0 N–H and O–H groups in total. The van der Waals surface area contributed by atoms with Crippen molar-refractivity contribution in [3.8, 4) is 83.9 Å². The Morgan fingerprint density at radius 1 is 0.379 bits per heavy atom. The number of benzene rings is 10. The molecular weight excluding hydrogens is 798 g/mol. The number of ether oxygens (including phenoxy) is 1. The molecule has 10 aromatic carbocycles. The summed E-state index contributed by atoms with van der Waals surface area (Å²) in [5, 5.41) is 2.47. The fourth-order valence-corrected chi connectivity index (χ4v) is 11.4. The second-order valence-corrected chi connectivity index (χ2v) is 18.2. The minimum atomic E-state index is -0.0851. The number of nitrogens with zero attached hydrogens (tertiary/aromatic N) is 1. The largest absolute Gasteiger partial charge is 0.458 e. The lowest BCUT2D eigenvalue weighted by atomic mass is 9.34. The molecular formula is C63H44BNO. The van der Waals surface area contributed by atoms with E-state index in [4.69, 9.17) is 4.74 Å². The molecule has 0 spiro atoms. The van der Waals surface area contributed by atoms with E-state index in [1.54, 1.807) is 0 Å². The van der Waals surface area contributed by atoms with E-state index >= 15 is 0 Å². The minimum Gasteiger partial charge on any atom is -0.458 e. The van der Waals surface area contributed by atoms with Crippen LogP contribution in [0.2, 0.25) is 0 Å². The average molecular weight is 842 g/mol.